The third-order valence-electron chi connectivity index (χ3n) is 3.15. The zero-order valence-electron chi connectivity index (χ0n) is 10.9. The molecule has 0 aliphatic heterocycles. The van der Waals surface area contributed by atoms with Crippen LogP contribution < -0.4 is 10.5 Å². The molecule has 0 unspecified atom stereocenters. The van der Waals surface area contributed by atoms with Crippen molar-refractivity contribution < 1.29 is 4.74 Å². The van der Waals surface area contributed by atoms with Crippen LogP contribution in [0.25, 0.3) is 11.0 Å². The van der Waals surface area contributed by atoms with Crippen molar-refractivity contribution in [2.45, 2.75) is 6.92 Å². The molecule has 0 bridgehead atoms. The van der Waals surface area contributed by atoms with E-state index in [9.17, 15) is 0 Å². The van der Waals surface area contributed by atoms with E-state index >= 15 is 0 Å². The number of benzene rings is 2. The van der Waals surface area contributed by atoms with Crippen LogP contribution in [0.5, 0.6) is 11.8 Å². The van der Waals surface area contributed by atoms with Gasteiger partial charge in [0.25, 0.3) is 0 Å². The maximum absolute atomic E-state index is 5.88. The van der Waals surface area contributed by atoms with Gasteiger partial charge in [0.2, 0.25) is 0 Å². The van der Waals surface area contributed by atoms with Crippen LogP contribution >= 0.6 is 0 Å². The van der Waals surface area contributed by atoms with E-state index in [2.05, 4.69) is 4.98 Å². The summed E-state index contributed by atoms with van der Waals surface area (Å²) >= 11 is 0. The molecule has 2 N–H and O–H groups in total. The van der Waals surface area contributed by atoms with Crippen LogP contribution in [-0.4, -0.2) is 9.55 Å². The maximum atomic E-state index is 5.88. The molecule has 0 saturated heterocycles. The first-order valence-corrected chi connectivity index (χ1v) is 6.10. The Kier molecular flexibility index (Phi) is 2.63. The van der Waals surface area contributed by atoms with Gasteiger partial charge in [0, 0.05) is 12.7 Å². The average molecular weight is 253 g/mol. The molecule has 4 nitrogen and oxygen atoms in total. The van der Waals surface area contributed by atoms with E-state index in [-0.39, 0.29) is 0 Å². The first-order chi connectivity index (χ1) is 9.15. The topological polar surface area (TPSA) is 53.1 Å². The molecule has 4 heteroatoms. The molecule has 0 aliphatic rings. The summed E-state index contributed by atoms with van der Waals surface area (Å²) in [4.78, 5) is 4.48. The van der Waals surface area contributed by atoms with E-state index in [0.29, 0.717) is 6.01 Å². The number of nitrogens with zero attached hydrogens (tertiary/aromatic N) is 2. The molecule has 96 valence electrons. The molecule has 2 aromatic carbocycles. The third-order valence-corrected chi connectivity index (χ3v) is 3.15. The van der Waals surface area contributed by atoms with Crippen molar-refractivity contribution in [3.8, 4) is 11.8 Å². The number of nitrogens with two attached hydrogens (primary N) is 1. The van der Waals surface area contributed by atoms with E-state index in [1.165, 1.54) is 0 Å². The summed E-state index contributed by atoms with van der Waals surface area (Å²) in [6.45, 7) is 1.97. The van der Waals surface area contributed by atoms with Crippen molar-refractivity contribution >= 4 is 16.7 Å². The lowest BCUT2D eigenvalue weighted by molar-refractivity contribution is 0.425. The standard InChI is InChI=1S/C15H15N3O/c1-10-9-11(16)7-8-14(10)19-15-17-12-5-3-4-6-13(12)18(15)2/h3-9H,16H2,1-2H3. The smallest absolute Gasteiger partial charge is 0.302 e. The van der Waals surface area contributed by atoms with Crippen LogP contribution in [-0.2, 0) is 7.05 Å². The number of para-hydroxylation sites is 2. The monoisotopic (exact) mass is 253 g/mol. The summed E-state index contributed by atoms with van der Waals surface area (Å²) < 4.78 is 7.81. The molecule has 19 heavy (non-hydrogen) atoms. The second-order valence-electron chi connectivity index (χ2n) is 4.57. The van der Waals surface area contributed by atoms with E-state index < -0.39 is 0 Å². The molecule has 0 amide bonds. The van der Waals surface area contributed by atoms with Gasteiger partial charge < -0.3 is 10.5 Å². The van der Waals surface area contributed by atoms with Gasteiger partial charge in [-0.05, 0) is 42.8 Å². The third kappa shape index (κ3) is 2.01. The molecular weight excluding hydrogens is 238 g/mol. The summed E-state index contributed by atoms with van der Waals surface area (Å²) in [5.41, 5.74) is 9.43. The highest BCUT2D eigenvalue weighted by Gasteiger charge is 2.10. The largest absolute Gasteiger partial charge is 0.425 e. The Morgan fingerprint density at radius 3 is 2.68 bits per heavy atom. The minimum atomic E-state index is 0.578. The fourth-order valence-electron chi connectivity index (χ4n) is 2.10. The van der Waals surface area contributed by atoms with Gasteiger partial charge in [-0.1, -0.05) is 12.1 Å². The van der Waals surface area contributed by atoms with Gasteiger partial charge in [-0.15, -0.1) is 0 Å². The Balaban J connectivity index is 2.03. The molecule has 0 fully saturated rings. The summed E-state index contributed by atoms with van der Waals surface area (Å²) in [6.07, 6.45) is 0. The van der Waals surface area contributed by atoms with Gasteiger partial charge >= 0.3 is 6.01 Å². The normalized spacial score (nSPS) is 10.8. The number of hydrogen-bond donors (Lipinski definition) is 1. The molecule has 0 saturated carbocycles. The highest BCUT2D eigenvalue weighted by atomic mass is 16.5. The van der Waals surface area contributed by atoms with Crippen molar-refractivity contribution in [2.75, 3.05) is 5.73 Å². The molecular formula is C15H15N3O. The second-order valence-corrected chi connectivity index (χ2v) is 4.57. The van der Waals surface area contributed by atoms with Gasteiger partial charge in [0.15, 0.2) is 0 Å². The molecule has 1 heterocycles. The summed E-state index contributed by atoms with van der Waals surface area (Å²) in [6, 6.07) is 14.1. The van der Waals surface area contributed by atoms with Crippen molar-refractivity contribution in [3.63, 3.8) is 0 Å². The number of anilines is 1. The molecule has 0 radical (unpaired) electrons. The predicted molar refractivity (Wildman–Crippen MR) is 76.4 cm³/mol. The highest BCUT2D eigenvalue weighted by Crippen LogP contribution is 2.28. The number of imidazole rings is 1. The molecule has 3 aromatic rings. The van der Waals surface area contributed by atoms with E-state index in [0.717, 1.165) is 28.0 Å². The molecule has 3 rings (SSSR count). The number of hydrogen-bond acceptors (Lipinski definition) is 3. The Morgan fingerprint density at radius 2 is 1.95 bits per heavy atom. The Labute approximate surface area is 111 Å². The van der Waals surface area contributed by atoms with Crippen LogP contribution in [0.4, 0.5) is 5.69 Å². The van der Waals surface area contributed by atoms with Gasteiger partial charge in [-0.25, -0.2) is 0 Å². The number of rotatable bonds is 2. The second kappa shape index (κ2) is 4.31. The SMILES string of the molecule is Cc1cc(N)ccc1Oc1nc2ccccc2n1C. The summed E-state index contributed by atoms with van der Waals surface area (Å²) in [5, 5.41) is 0. The molecule has 0 spiro atoms. The van der Waals surface area contributed by atoms with Gasteiger partial charge in [-0.3, -0.25) is 4.57 Å². The van der Waals surface area contributed by atoms with E-state index in [1.807, 2.05) is 61.0 Å². The van der Waals surface area contributed by atoms with Crippen LogP contribution in [0, 0.1) is 6.92 Å². The average Bonchev–Trinajstić information content (AvgIpc) is 2.70. The highest BCUT2D eigenvalue weighted by molar-refractivity contribution is 5.76. The molecule has 1 aromatic heterocycles. The van der Waals surface area contributed by atoms with Gasteiger partial charge in [-0.2, -0.15) is 4.98 Å². The first kappa shape index (κ1) is 11.6. The predicted octanol–water partition coefficient (Wildman–Crippen LogP) is 3.26. The zero-order chi connectivity index (χ0) is 13.4. The van der Waals surface area contributed by atoms with Crippen molar-refractivity contribution in [1.82, 2.24) is 9.55 Å². The van der Waals surface area contributed by atoms with E-state index in [1.54, 1.807) is 0 Å². The Morgan fingerprint density at radius 1 is 1.16 bits per heavy atom. The Hall–Kier alpha value is -2.49. The molecule has 0 aliphatic carbocycles. The van der Waals surface area contributed by atoms with Crippen molar-refractivity contribution in [1.29, 1.82) is 0 Å². The summed E-state index contributed by atoms with van der Waals surface area (Å²) in [5.74, 6) is 0.771. The minimum absolute atomic E-state index is 0.578. The minimum Gasteiger partial charge on any atom is -0.425 e. The Bertz CT molecular complexity index is 746. The number of aryl methyl sites for hydroxylation is 2. The number of ether oxygens (including phenoxy) is 1. The van der Waals surface area contributed by atoms with Crippen molar-refractivity contribution in [2.24, 2.45) is 7.05 Å². The molecule has 0 atom stereocenters. The lowest BCUT2D eigenvalue weighted by Gasteiger charge is -2.08. The lowest BCUT2D eigenvalue weighted by atomic mass is 10.2. The van der Waals surface area contributed by atoms with Crippen LogP contribution in [0.2, 0.25) is 0 Å². The first-order valence-electron chi connectivity index (χ1n) is 6.10. The lowest BCUT2D eigenvalue weighted by Crippen LogP contribution is -1.96. The number of aromatic nitrogens is 2. The van der Waals surface area contributed by atoms with Gasteiger partial charge in [0.05, 0.1) is 11.0 Å². The van der Waals surface area contributed by atoms with Gasteiger partial charge in [0.1, 0.15) is 5.75 Å². The number of fused-ring (bicyclic) bond motifs is 1. The van der Waals surface area contributed by atoms with Crippen molar-refractivity contribution in [3.05, 3.63) is 48.0 Å². The quantitative estimate of drug-likeness (QED) is 0.713. The fraction of sp³-hybridized carbons (Fsp3) is 0.133. The van der Waals surface area contributed by atoms with E-state index in [4.69, 9.17) is 10.5 Å². The number of nitrogen functional groups attached to an aromatic ring is 1. The summed E-state index contributed by atoms with van der Waals surface area (Å²) in [7, 11) is 1.94. The maximum Gasteiger partial charge on any atom is 0.302 e. The van der Waals surface area contributed by atoms with Crippen LogP contribution in [0.3, 0.4) is 0 Å². The van der Waals surface area contributed by atoms with Crippen LogP contribution in [0.1, 0.15) is 5.56 Å². The fourth-order valence-corrected chi connectivity index (χ4v) is 2.10. The zero-order valence-corrected chi connectivity index (χ0v) is 10.9. The van der Waals surface area contributed by atoms with Crippen LogP contribution in [0.15, 0.2) is 42.5 Å².